The molecule has 3 aromatic rings. The number of aryl methyl sites for hydroxylation is 1. The number of hydrogen-bond acceptors (Lipinski definition) is 5. The van der Waals surface area contributed by atoms with Crippen molar-refractivity contribution in [1.82, 2.24) is 24.6 Å². The summed E-state index contributed by atoms with van der Waals surface area (Å²) in [6, 6.07) is 8.42. The fraction of sp³-hybridized carbons (Fsp3) is 0.500. The number of hydrogen-bond donors (Lipinski definition) is 1. The van der Waals surface area contributed by atoms with Gasteiger partial charge in [-0.3, -0.25) is 19.3 Å². The number of nitrogens with zero attached hydrogens (tertiary/aromatic N) is 5. The van der Waals surface area contributed by atoms with E-state index in [2.05, 4.69) is 43.4 Å². The molecule has 2 fully saturated rings. The van der Waals surface area contributed by atoms with Gasteiger partial charge in [0.25, 0.3) is 0 Å². The van der Waals surface area contributed by atoms with E-state index in [4.69, 9.17) is 0 Å². The van der Waals surface area contributed by atoms with Gasteiger partial charge in [-0.05, 0) is 74.9 Å². The minimum Gasteiger partial charge on any atom is -0.310 e. The molecular weight excluding hydrogens is 412 g/mol. The van der Waals surface area contributed by atoms with Gasteiger partial charge in [-0.2, -0.15) is 5.10 Å². The summed E-state index contributed by atoms with van der Waals surface area (Å²) in [5.74, 6) is 0.623. The summed E-state index contributed by atoms with van der Waals surface area (Å²) in [6.07, 6.45) is 11.3. The second kappa shape index (κ2) is 10.0. The van der Waals surface area contributed by atoms with E-state index in [-0.39, 0.29) is 5.91 Å². The van der Waals surface area contributed by atoms with Gasteiger partial charge in [0.1, 0.15) is 5.82 Å². The highest BCUT2D eigenvalue weighted by atomic mass is 16.2. The fourth-order valence-corrected chi connectivity index (χ4v) is 5.10. The minimum absolute atomic E-state index is 0.0102. The SMILES string of the molecule is Cn1ncc(-c2ccc3cnc(NC(=O)CN4CCCCC4)cc3c2)c1CN1CCCCC1. The Bertz CT molecular complexity index is 1110. The highest BCUT2D eigenvalue weighted by Gasteiger charge is 2.18. The zero-order chi connectivity index (χ0) is 22.6. The van der Waals surface area contributed by atoms with E-state index in [1.165, 1.54) is 49.8 Å². The van der Waals surface area contributed by atoms with Crippen LogP contribution in [0, 0.1) is 0 Å². The molecule has 2 aliphatic heterocycles. The average molecular weight is 447 g/mol. The molecule has 0 saturated carbocycles. The Morgan fingerprint density at radius 1 is 0.909 bits per heavy atom. The van der Waals surface area contributed by atoms with Crippen LogP contribution in [0.5, 0.6) is 0 Å². The highest BCUT2D eigenvalue weighted by Crippen LogP contribution is 2.29. The van der Waals surface area contributed by atoms with E-state index in [0.29, 0.717) is 12.4 Å². The van der Waals surface area contributed by atoms with Gasteiger partial charge in [0, 0.05) is 30.7 Å². The third-order valence-corrected chi connectivity index (χ3v) is 7.00. The number of amides is 1. The van der Waals surface area contributed by atoms with Crippen molar-refractivity contribution >= 4 is 22.5 Å². The number of aromatic nitrogens is 3. The summed E-state index contributed by atoms with van der Waals surface area (Å²) < 4.78 is 2.01. The second-order valence-corrected chi connectivity index (χ2v) is 9.48. The zero-order valence-electron chi connectivity index (χ0n) is 19.6. The molecule has 5 rings (SSSR count). The van der Waals surface area contributed by atoms with Crippen molar-refractivity contribution < 1.29 is 4.79 Å². The molecule has 1 aromatic carbocycles. The van der Waals surface area contributed by atoms with Gasteiger partial charge in [-0.15, -0.1) is 0 Å². The monoisotopic (exact) mass is 446 g/mol. The topological polar surface area (TPSA) is 66.3 Å². The molecule has 1 N–H and O–H groups in total. The Morgan fingerprint density at radius 2 is 1.64 bits per heavy atom. The van der Waals surface area contributed by atoms with Gasteiger partial charge < -0.3 is 5.32 Å². The Kier molecular flexibility index (Phi) is 6.69. The van der Waals surface area contributed by atoms with Gasteiger partial charge in [0.05, 0.1) is 18.4 Å². The summed E-state index contributed by atoms with van der Waals surface area (Å²) in [5, 5.41) is 9.70. The Labute approximate surface area is 195 Å². The van der Waals surface area contributed by atoms with Crippen molar-refractivity contribution in [3.63, 3.8) is 0 Å². The summed E-state index contributed by atoms with van der Waals surface area (Å²) in [4.78, 5) is 21.8. The van der Waals surface area contributed by atoms with E-state index >= 15 is 0 Å². The van der Waals surface area contributed by atoms with Crippen LogP contribution in [0.4, 0.5) is 5.82 Å². The van der Waals surface area contributed by atoms with E-state index in [1.807, 2.05) is 30.2 Å². The number of likely N-dealkylation sites (tertiary alicyclic amines) is 2. The zero-order valence-corrected chi connectivity index (χ0v) is 19.6. The largest absolute Gasteiger partial charge is 0.310 e. The quantitative estimate of drug-likeness (QED) is 0.619. The normalized spacial score (nSPS) is 18.0. The van der Waals surface area contributed by atoms with Crippen LogP contribution in [-0.4, -0.2) is 63.2 Å². The lowest BCUT2D eigenvalue weighted by atomic mass is 10.0. The molecule has 0 radical (unpaired) electrons. The molecule has 7 heteroatoms. The molecule has 0 spiro atoms. The molecule has 0 bridgehead atoms. The highest BCUT2D eigenvalue weighted by molar-refractivity contribution is 5.95. The molecular formula is C26H34N6O. The van der Waals surface area contributed by atoms with Gasteiger partial charge in [0.15, 0.2) is 0 Å². The average Bonchev–Trinajstić information content (AvgIpc) is 3.20. The Hall–Kier alpha value is -2.77. The van der Waals surface area contributed by atoms with E-state index in [9.17, 15) is 4.79 Å². The van der Waals surface area contributed by atoms with Crippen molar-refractivity contribution in [1.29, 1.82) is 0 Å². The molecule has 7 nitrogen and oxygen atoms in total. The van der Waals surface area contributed by atoms with Crippen LogP contribution in [-0.2, 0) is 18.4 Å². The molecule has 1 amide bonds. The number of benzene rings is 1. The maximum Gasteiger partial charge on any atom is 0.239 e. The first-order valence-electron chi connectivity index (χ1n) is 12.3. The number of piperidine rings is 2. The lowest BCUT2D eigenvalue weighted by molar-refractivity contribution is -0.117. The number of anilines is 1. The van der Waals surface area contributed by atoms with Crippen molar-refractivity contribution in [2.75, 3.05) is 38.0 Å². The molecule has 2 aliphatic rings. The van der Waals surface area contributed by atoms with E-state index in [1.54, 1.807) is 0 Å². The second-order valence-electron chi connectivity index (χ2n) is 9.48. The Balaban J connectivity index is 1.34. The van der Waals surface area contributed by atoms with Crippen LogP contribution in [0.3, 0.4) is 0 Å². The summed E-state index contributed by atoms with van der Waals surface area (Å²) >= 11 is 0. The molecule has 0 unspecified atom stereocenters. The molecule has 2 saturated heterocycles. The predicted octanol–water partition coefficient (Wildman–Crippen LogP) is 4.05. The van der Waals surface area contributed by atoms with Crippen LogP contribution in [0.1, 0.15) is 44.2 Å². The first-order chi connectivity index (χ1) is 16.2. The summed E-state index contributed by atoms with van der Waals surface area (Å²) in [6.45, 7) is 5.70. The van der Waals surface area contributed by atoms with E-state index < -0.39 is 0 Å². The predicted molar refractivity (Wildman–Crippen MR) is 132 cm³/mol. The number of nitrogens with one attached hydrogen (secondary N) is 1. The molecule has 174 valence electrons. The van der Waals surface area contributed by atoms with Crippen LogP contribution < -0.4 is 5.32 Å². The lowest BCUT2D eigenvalue weighted by Gasteiger charge is -2.26. The number of fused-ring (bicyclic) bond motifs is 1. The van der Waals surface area contributed by atoms with Crippen LogP contribution in [0.15, 0.2) is 36.7 Å². The number of rotatable bonds is 6. The van der Waals surface area contributed by atoms with Gasteiger partial charge >= 0.3 is 0 Å². The van der Waals surface area contributed by atoms with Crippen molar-refractivity contribution in [2.24, 2.45) is 7.05 Å². The van der Waals surface area contributed by atoms with Crippen molar-refractivity contribution in [3.8, 4) is 11.1 Å². The van der Waals surface area contributed by atoms with Gasteiger partial charge in [-0.25, -0.2) is 4.98 Å². The summed E-state index contributed by atoms with van der Waals surface area (Å²) in [5.41, 5.74) is 3.58. The van der Waals surface area contributed by atoms with Gasteiger partial charge in [0.2, 0.25) is 5.91 Å². The molecule has 0 atom stereocenters. The third-order valence-electron chi connectivity index (χ3n) is 7.00. The molecule has 0 aliphatic carbocycles. The first kappa shape index (κ1) is 22.0. The third kappa shape index (κ3) is 5.25. The first-order valence-corrected chi connectivity index (χ1v) is 12.3. The van der Waals surface area contributed by atoms with Gasteiger partial charge in [-0.1, -0.05) is 25.0 Å². The van der Waals surface area contributed by atoms with Crippen LogP contribution >= 0.6 is 0 Å². The number of carbonyl (C=O) groups is 1. The maximum atomic E-state index is 12.5. The smallest absolute Gasteiger partial charge is 0.239 e. The number of pyridine rings is 1. The van der Waals surface area contributed by atoms with E-state index in [0.717, 1.165) is 49.1 Å². The lowest BCUT2D eigenvalue weighted by Crippen LogP contribution is -2.36. The van der Waals surface area contributed by atoms with Crippen molar-refractivity contribution in [2.45, 2.75) is 45.1 Å². The maximum absolute atomic E-state index is 12.5. The summed E-state index contributed by atoms with van der Waals surface area (Å²) in [7, 11) is 2.03. The van der Waals surface area contributed by atoms with Crippen LogP contribution in [0.25, 0.3) is 21.9 Å². The Morgan fingerprint density at radius 3 is 2.39 bits per heavy atom. The fourth-order valence-electron chi connectivity index (χ4n) is 5.10. The van der Waals surface area contributed by atoms with Crippen molar-refractivity contribution in [3.05, 3.63) is 42.4 Å². The number of carbonyl (C=O) groups excluding carboxylic acids is 1. The molecule has 2 aromatic heterocycles. The standard InChI is InChI=1S/C26H34N6O/c1-30-24(18-31-10-4-2-5-11-31)23(17-28-30)20-8-9-21-16-27-25(15-22(21)14-20)29-26(33)19-32-12-6-3-7-13-32/h8-9,14-17H,2-7,10-13,18-19H2,1H3,(H,27,29,33). The van der Waals surface area contributed by atoms with Crippen LogP contribution in [0.2, 0.25) is 0 Å². The minimum atomic E-state index is 0.0102. The molecule has 4 heterocycles. The molecule has 33 heavy (non-hydrogen) atoms.